The summed E-state index contributed by atoms with van der Waals surface area (Å²) in [6.07, 6.45) is 4.96. The summed E-state index contributed by atoms with van der Waals surface area (Å²) >= 11 is 12.1. The summed E-state index contributed by atoms with van der Waals surface area (Å²) in [5.74, 6) is 1.88. The van der Waals surface area contributed by atoms with Crippen molar-refractivity contribution < 1.29 is 0 Å². The molecule has 1 fully saturated rings. The molecular weight excluding hydrogens is 305 g/mol. The van der Waals surface area contributed by atoms with Gasteiger partial charge in [-0.3, -0.25) is 4.90 Å². The highest BCUT2D eigenvalue weighted by molar-refractivity contribution is 6.35. The molecule has 0 radical (unpaired) electrons. The molecule has 2 heterocycles. The molecule has 1 saturated heterocycles. The van der Waals surface area contributed by atoms with Crippen molar-refractivity contribution in [3.05, 3.63) is 52.0 Å². The van der Waals surface area contributed by atoms with Gasteiger partial charge in [0, 0.05) is 61.0 Å². The van der Waals surface area contributed by atoms with Crippen LogP contribution in [0.25, 0.3) is 0 Å². The van der Waals surface area contributed by atoms with Crippen LogP contribution < -0.4 is 0 Å². The van der Waals surface area contributed by atoms with Crippen LogP contribution in [-0.4, -0.2) is 27.5 Å². The zero-order valence-electron chi connectivity index (χ0n) is 12.1. The van der Waals surface area contributed by atoms with E-state index in [1.165, 1.54) is 5.82 Å². The summed E-state index contributed by atoms with van der Waals surface area (Å²) in [5, 5.41) is 1.45. The largest absolute Gasteiger partial charge is 0.335 e. The molecule has 3 rings (SSSR count). The fourth-order valence-electron chi connectivity index (χ4n) is 2.91. The van der Waals surface area contributed by atoms with Crippen LogP contribution in [0.1, 0.15) is 18.3 Å². The van der Waals surface area contributed by atoms with E-state index in [0.29, 0.717) is 10.9 Å². The normalized spacial score (nSPS) is 16.1. The highest BCUT2D eigenvalue weighted by Gasteiger charge is 2.27. The van der Waals surface area contributed by atoms with E-state index in [-0.39, 0.29) is 0 Å². The Morgan fingerprint density at radius 1 is 1.29 bits per heavy atom. The molecule has 0 N–H and O–H groups in total. The van der Waals surface area contributed by atoms with E-state index in [9.17, 15) is 0 Å². The van der Waals surface area contributed by atoms with Crippen molar-refractivity contribution in [3.63, 3.8) is 0 Å². The van der Waals surface area contributed by atoms with Crippen LogP contribution in [0.3, 0.4) is 0 Å². The number of aryl methyl sites for hydroxylation is 1. The summed E-state index contributed by atoms with van der Waals surface area (Å²) in [4.78, 5) is 6.79. The molecule has 5 heteroatoms. The average molecular weight is 324 g/mol. The minimum absolute atomic E-state index is 0.692. The van der Waals surface area contributed by atoms with Crippen LogP contribution >= 0.6 is 23.2 Å². The Morgan fingerprint density at radius 3 is 2.81 bits per heavy atom. The molecule has 0 saturated carbocycles. The lowest BCUT2D eigenvalue weighted by Crippen LogP contribution is -2.47. The second kappa shape index (κ2) is 6.39. The van der Waals surface area contributed by atoms with Gasteiger partial charge in [0.05, 0.1) is 0 Å². The molecular formula is C16H19Cl2N3. The quantitative estimate of drug-likeness (QED) is 0.832. The maximum absolute atomic E-state index is 6.22. The number of hydrogen-bond donors (Lipinski definition) is 0. The third-order valence-electron chi connectivity index (χ3n) is 4.01. The Balaban J connectivity index is 1.52. The number of benzene rings is 1. The number of imidazole rings is 1. The zero-order valence-corrected chi connectivity index (χ0v) is 13.6. The van der Waals surface area contributed by atoms with Gasteiger partial charge in [0.1, 0.15) is 5.82 Å². The topological polar surface area (TPSA) is 21.1 Å². The van der Waals surface area contributed by atoms with Gasteiger partial charge in [0.15, 0.2) is 0 Å². The Labute approximate surface area is 135 Å². The second-order valence-corrected chi connectivity index (χ2v) is 6.49. The first-order valence-corrected chi connectivity index (χ1v) is 8.07. The van der Waals surface area contributed by atoms with Crippen LogP contribution in [0.2, 0.25) is 10.0 Å². The molecule has 1 aliphatic rings. The van der Waals surface area contributed by atoms with Crippen molar-refractivity contribution in [2.75, 3.05) is 13.1 Å². The standard InChI is InChI=1S/C16H19Cl2N3/c1-2-16-19-5-6-21(16)10-12-8-20(9-12)11-13-3-4-14(17)7-15(13)18/h3-7,12H,2,8-11H2,1H3. The van der Waals surface area contributed by atoms with Crippen molar-refractivity contribution in [1.82, 2.24) is 14.5 Å². The van der Waals surface area contributed by atoms with Crippen molar-refractivity contribution in [2.24, 2.45) is 5.92 Å². The summed E-state index contributed by atoms with van der Waals surface area (Å²) in [6, 6.07) is 5.73. The molecule has 0 spiro atoms. The number of likely N-dealkylation sites (tertiary alicyclic amines) is 1. The van der Waals surface area contributed by atoms with Gasteiger partial charge in [0.25, 0.3) is 0 Å². The molecule has 0 atom stereocenters. The van der Waals surface area contributed by atoms with E-state index in [2.05, 4.69) is 27.6 Å². The molecule has 1 aromatic carbocycles. The van der Waals surface area contributed by atoms with E-state index in [0.717, 1.165) is 43.2 Å². The summed E-state index contributed by atoms with van der Waals surface area (Å²) in [5.41, 5.74) is 1.15. The first-order chi connectivity index (χ1) is 10.2. The first kappa shape index (κ1) is 14.9. The average Bonchev–Trinajstić information content (AvgIpc) is 2.86. The predicted octanol–water partition coefficient (Wildman–Crippen LogP) is 3.88. The highest BCUT2D eigenvalue weighted by Crippen LogP contribution is 2.26. The monoisotopic (exact) mass is 323 g/mol. The number of rotatable bonds is 5. The van der Waals surface area contributed by atoms with Gasteiger partial charge in [-0.2, -0.15) is 0 Å². The number of aromatic nitrogens is 2. The molecule has 0 unspecified atom stereocenters. The second-order valence-electron chi connectivity index (χ2n) is 5.65. The van der Waals surface area contributed by atoms with Crippen LogP contribution in [0.5, 0.6) is 0 Å². The number of nitrogens with zero attached hydrogens (tertiary/aromatic N) is 3. The zero-order chi connectivity index (χ0) is 14.8. The van der Waals surface area contributed by atoms with Crippen LogP contribution in [0.4, 0.5) is 0 Å². The number of hydrogen-bond acceptors (Lipinski definition) is 2. The van der Waals surface area contributed by atoms with Crippen LogP contribution in [0, 0.1) is 5.92 Å². The lowest BCUT2D eigenvalue weighted by atomic mass is 9.99. The minimum atomic E-state index is 0.692. The van der Waals surface area contributed by atoms with E-state index >= 15 is 0 Å². The van der Waals surface area contributed by atoms with E-state index in [1.807, 2.05) is 24.4 Å². The Morgan fingerprint density at radius 2 is 2.10 bits per heavy atom. The van der Waals surface area contributed by atoms with Crippen molar-refractivity contribution in [3.8, 4) is 0 Å². The van der Waals surface area contributed by atoms with E-state index in [4.69, 9.17) is 23.2 Å². The van der Waals surface area contributed by atoms with Gasteiger partial charge in [-0.05, 0) is 17.7 Å². The third kappa shape index (κ3) is 3.42. The first-order valence-electron chi connectivity index (χ1n) is 7.32. The van der Waals surface area contributed by atoms with Gasteiger partial charge in [0.2, 0.25) is 0 Å². The smallest absolute Gasteiger partial charge is 0.108 e. The molecule has 1 aromatic heterocycles. The molecule has 0 aliphatic carbocycles. The Kier molecular flexibility index (Phi) is 4.53. The van der Waals surface area contributed by atoms with E-state index in [1.54, 1.807) is 0 Å². The van der Waals surface area contributed by atoms with Crippen molar-refractivity contribution >= 4 is 23.2 Å². The van der Waals surface area contributed by atoms with Gasteiger partial charge in [-0.1, -0.05) is 36.2 Å². The lowest BCUT2D eigenvalue weighted by Gasteiger charge is -2.39. The predicted molar refractivity (Wildman–Crippen MR) is 86.8 cm³/mol. The van der Waals surface area contributed by atoms with Crippen molar-refractivity contribution in [2.45, 2.75) is 26.4 Å². The summed E-state index contributed by atoms with van der Waals surface area (Å²) < 4.78 is 2.28. The van der Waals surface area contributed by atoms with Crippen LogP contribution in [-0.2, 0) is 19.5 Å². The molecule has 0 bridgehead atoms. The van der Waals surface area contributed by atoms with Gasteiger partial charge >= 0.3 is 0 Å². The summed E-state index contributed by atoms with van der Waals surface area (Å²) in [6.45, 7) is 6.33. The van der Waals surface area contributed by atoms with E-state index < -0.39 is 0 Å². The van der Waals surface area contributed by atoms with Gasteiger partial charge in [-0.25, -0.2) is 4.98 Å². The molecule has 3 nitrogen and oxygen atoms in total. The van der Waals surface area contributed by atoms with Crippen LogP contribution in [0.15, 0.2) is 30.6 Å². The fourth-order valence-corrected chi connectivity index (χ4v) is 3.38. The van der Waals surface area contributed by atoms with Gasteiger partial charge < -0.3 is 4.57 Å². The Bertz CT molecular complexity index is 618. The number of halogens is 2. The summed E-state index contributed by atoms with van der Waals surface area (Å²) in [7, 11) is 0. The maximum atomic E-state index is 6.22. The minimum Gasteiger partial charge on any atom is -0.335 e. The molecule has 2 aromatic rings. The fraction of sp³-hybridized carbons (Fsp3) is 0.438. The van der Waals surface area contributed by atoms with Gasteiger partial charge in [-0.15, -0.1) is 0 Å². The molecule has 0 amide bonds. The third-order valence-corrected chi connectivity index (χ3v) is 4.60. The lowest BCUT2D eigenvalue weighted by molar-refractivity contribution is 0.0798. The highest BCUT2D eigenvalue weighted by atomic mass is 35.5. The Hall–Kier alpha value is -1.03. The van der Waals surface area contributed by atoms with Crippen molar-refractivity contribution in [1.29, 1.82) is 0 Å². The molecule has 1 aliphatic heterocycles. The molecule has 112 valence electrons. The molecule has 21 heavy (non-hydrogen) atoms. The SMILES string of the molecule is CCc1nccn1CC1CN(Cc2ccc(Cl)cc2Cl)C1. The maximum Gasteiger partial charge on any atom is 0.108 e.